The van der Waals surface area contributed by atoms with Crippen LogP contribution in [0.1, 0.15) is 30.5 Å². The topological polar surface area (TPSA) is 61.4 Å². The SMILES string of the molecule is CNC(=O)NC(C)c1ccc(C#CCCO)cc1. The van der Waals surface area contributed by atoms with E-state index in [4.69, 9.17) is 5.11 Å². The van der Waals surface area contributed by atoms with Crippen LogP contribution in [0.5, 0.6) is 0 Å². The highest BCUT2D eigenvalue weighted by Crippen LogP contribution is 2.12. The average molecular weight is 246 g/mol. The van der Waals surface area contributed by atoms with Gasteiger partial charge in [-0.1, -0.05) is 24.0 Å². The molecule has 0 spiro atoms. The fourth-order valence-electron chi connectivity index (χ4n) is 1.43. The number of rotatable bonds is 3. The van der Waals surface area contributed by atoms with Crippen molar-refractivity contribution in [3.8, 4) is 11.8 Å². The van der Waals surface area contributed by atoms with Crippen molar-refractivity contribution in [3.05, 3.63) is 35.4 Å². The predicted octanol–water partition coefficient (Wildman–Crippen LogP) is 1.41. The van der Waals surface area contributed by atoms with E-state index in [1.54, 1.807) is 7.05 Å². The van der Waals surface area contributed by atoms with Gasteiger partial charge in [-0.05, 0) is 24.6 Å². The van der Waals surface area contributed by atoms with Crippen molar-refractivity contribution in [3.63, 3.8) is 0 Å². The van der Waals surface area contributed by atoms with Gasteiger partial charge in [0.05, 0.1) is 12.6 Å². The molecule has 1 aromatic rings. The average Bonchev–Trinajstić information content (AvgIpc) is 2.39. The largest absolute Gasteiger partial charge is 0.395 e. The molecule has 0 saturated heterocycles. The summed E-state index contributed by atoms with van der Waals surface area (Å²) in [5, 5.41) is 13.9. The molecule has 0 fully saturated rings. The Labute approximate surface area is 107 Å². The first kappa shape index (κ1) is 14.1. The highest BCUT2D eigenvalue weighted by Gasteiger charge is 2.07. The number of carbonyl (C=O) groups is 1. The van der Waals surface area contributed by atoms with Gasteiger partial charge in [0, 0.05) is 19.0 Å². The molecular formula is C14H18N2O2. The molecule has 1 rings (SSSR count). The molecule has 1 atom stereocenters. The maximum Gasteiger partial charge on any atom is 0.315 e. The van der Waals surface area contributed by atoms with E-state index < -0.39 is 0 Å². The van der Waals surface area contributed by atoms with E-state index >= 15 is 0 Å². The van der Waals surface area contributed by atoms with Gasteiger partial charge in [0.25, 0.3) is 0 Å². The van der Waals surface area contributed by atoms with Crippen LogP contribution in [0.4, 0.5) is 4.79 Å². The Morgan fingerprint density at radius 3 is 2.61 bits per heavy atom. The van der Waals surface area contributed by atoms with Crippen molar-refractivity contribution < 1.29 is 9.90 Å². The van der Waals surface area contributed by atoms with Gasteiger partial charge in [0.15, 0.2) is 0 Å². The third kappa shape index (κ3) is 4.48. The monoisotopic (exact) mass is 246 g/mol. The molecule has 4 nitrogen and oxygen atoms in total. The number of hydrogen-bond donors (Lipinski definition) is 3. The molecule has 3 N–H and O–H groups in total. The number of aliphatic hydroxyl groups excluding tert-OH is 1. The van der Waals surface area contributed by atoms with E-state index in [9.17, 15) is 4.79 Å². The van der Waals surface area contributed by atoms with Crippen LogP contribution in [-0.2, 0) is 0 Å². The fourth-order valence-corrected chi connectivity index (χ4v) is 1.43. The van der Waals surface area contributed by atoms with E-state index in [1.165, 1.54) is 0 Å². The van der Waals surface area contributed by atoms with Crippen molar-refractivity contribution in [1.29, 1.82) is 0 Å². The van der Waals surface area contributed by atoms with E-state index in [2.05, 4.69) is 22.5 Å². The summed E-state index contributed by atoms with van der Waals surface area (Å²) in [4.78, 5) is 11.2. The van der Waals surface area contributed by atoms with Gasteiger partial charge in [-0.2, -0.15) is 0 Å². The smallest absolute Gasteiger partial charge is 0.315 e. The summed E-state index contributed by atoms with van der Waals surface area (Å²) >= 11 is 0. The van der Waals surface area contributed by atoms with Crippen molar-refractivity contribution in [1.82, 2.24) is 10.6 Å². The zero-order valence-electron chi connectivity index (χ0n) is 10.7. The molecule has 18 heavy (non-hydrogen) atoms. The summed E-state index contributed by atoms with van der Waals surface area (Å²) in [7, 11) is 1.59. The first-order chi connectivity index (χ1) is 8.67. The third-order valence-electron chi connectivity index (χ3n) is 2.45. The number of aliphatic hydroxyl groups is 1. The second-order valence-corrected chi connectivity index (χ2v) is 3.84. The molecule has 0 saturated carbocycles. The van der Waals surface area contributed by atoms with Crippen molar-refractivity contribution >= 4 is 6.03 Å². The molecule has 0 aliphatic heterocycles. The first-order valence-electron chi connectivity index (χ1n) is 5.85. The molecule has 1 unspecified atom stereocenters. The molecule has 0 aliphatic rings. The van der Waals surface area contributed by atoms with Crippen LogP contribution in [0, 0.1) is 11.8 Å². The molecule has 0 radical (unpaired) electrons. The van der Waals surface area contributed by atoms with Gasteiger partial charge in [-0.3, -0.25) is 0 Å². The minimum atomic E-state index is -0.200. The molecule has 4 heteroatoms. The Morgan fingerprint density at radius 2 is 2.06 bits per heavy atom. The molecule has 0 aromatic heterocycles. The Balaban J connectivity index is 2.65. The van der Waals surface area contributed by atoms with Crippen molar-refractivity contribution in [2.75, 3.05) is 13.7 Å². The summed E-state index contributed by atoms with van der Waals surface area (Å²) in [6.45, 7) is 2.00. The van der Waals surface area contributed by atoms with Crippen molar-refractivity contribution in [2.24, 2.45) is 0 Å². The molecule has 96 valence electrons. The third-order valence-corrected chi connectivity index (χ3v) is 2.45. The second kappa shape index (κ2) is 7.36. The number of benzene rings is 1. The van der Waals surface area contributed by atoms with Gasteiger partial charge >= 0.3 is 6.03 Å². The van der Waals surface area contributed by atoms with Crippen LogP contribution in [0.3, 0.4) is 0 Å². The summed E-state index contributed by atoms with van der Waals surface area (Å²) in [6, 6.07) is 7.43. The van der Waals surface area contributed by atoms with Crippen LogP contribution < -0.4 is 10.6 Å². The minimum absolute atomic E-state index is 0.0515. The van der Waals surface area contributed by atoms with Crippen LogP contribution in [-0.4, -0.2) is 24.8 Å². The predicted molar refractivity (Wildman–Crippen MR) is 71.0 cm³/mol. The minimum Gasteiger partial charge on any atom is -0.395 e. The van der Waals surface area contributed by atoms with Gasteiger partial charge in [-0.25, -0.2) is 4.79 Å². The summed E-state index contributed by atoms with van der Waals surface area (Å²) < 4.78 is 0. The van der Waals surface area contributed by atoms with Gasteiger partial charge < -0.3 is 15.7 Å². The van der Waals surface area contributed by atoms with Gasteiger partial charge in [0.2, 0.25) is 0 Å². The number of carbonyl (C=O) groups excluding carboxylic acids is 1. The zero-order valence-corrected chi connectivity index (χ0v) is 10.7. The highest BCUT2D eigenvalue weighted by atomic mass is 16.2. The lowest BCUT2D eigenvalue weighted by molar-refractivity contribution is 0.240. The van der Waals surface area contributed by atoms with E-state index in [1.807, 2.05) is 31.2 Å². The van der Waals surface area contributed by atoms with Crippen LogP contribution in [0.2, 0.25) is 0 Å². The standard InChI is InChI=1S/C14H18N2O2/c1-11(16-14(18)15-2)13-8-6-12(7-9-13)5-3-4-10-17/h6-9,11,17H,4,10H2,1-2H3,(H2,15,16,18). The normalized spacial score (nSPS) is 11.1. The summed E-state index contributed by atoms with van der Waals surface area (Å²) in [5.41, 5.74) is 1.92. The summed E-state index contributed by atoms with van der Waals surface area (Å²) in [5.74, 6) is 5.82. The molecule has 0 bridgehead atoms. The molecule has 0 aliphatic carbocycles. The highest BCUT2D eigenvalue weighted by molar-refractivity contribution is 5.73. The Kier molecular flexibility index (Phi) is 5.75. The van der Waals surface area contributed by atoms with E-state index in [0.29, 0.717) is 6.42 Å². The molecule has 1 aromatic carbocycles. The number of urea groups is 1. The molecule has 2 amide bonds. The lowest BCUT2D eigenvalue weighted by Crippen LogP contribution is -2.34. The lowest BCUT2D eigenvalue weighted by atomic mass is 10.1. The Hall–Kier alpha value is -1.99. The Morgan fingerprint density at radius 1 is 1.39 bits per heavy atom. The first-order valence-corrected chi connectivity index (χ1v) is 5.85. The quantitative estimate of drug-likeness (QED) is 0.706. The van der Waals surface area contributed by atoms with Crippen molar-refractivity contribution in [2.45, 2.75) is 19.4 Å². The van der Waals surface area contributed by atoms with Crippen LogP contribution in [0.15, 0.2) is 24.3 Å². The van der Waals surface area contributed by atoms with Crippen LogP contribution >= 0.6 is 0 Å². The fraction of sp³-hybridized carbons (Fsp3) is 0.357. The van der Waals surface area contributed by atoms with Gasteiger partial charge in [-0.15, -0.1) is 0 Å². The number of nitrogens with one attached hydrogen (secondary N) is 2. The molecular weight excluding hydrogens is 228 g/mol. The van der Waals surface area contributed by atoms with Crippen LogP contribution in [0.25, 0.3) is 0 Å². The number of amides is 2. The lowest BCUT2D eigenvalue weighted by Gasteiger charge is -2.13. The summed E-state index contributed by atoms with van der Waals surface area (Å²) in [6.07, 6.45) is 0.483. The maximum absolute atomic E-state index is 11.2. The number of hydrogen-bond acceptors (Lipinski definition) is 2. The molecule has 0 heterocycles. The Bertz CT molecular complexity index is 443. The van der Waals surface area contributed by atoms with Gasteiger partial charge in [0.1, 0.15) is 0 Å². The van der Waals surface area contributed by atoms with E-state index in [-0.39, 0.29) is 18.7 Å². The second-order valence-electron chi connectivity index (χ2n) is 3.84. The van der Waals surface area contributed by atoms with E-state index in [0.717, 1.165) is 11.1 Å². The zero-order chi connectivity index (χ0) is 13.4. The maximum atomic E-state index is 11.2.